The molecule has 0 bridgehead atoms. The molecule has 0 aliphatic heterocycles. The molecule has 0 saturated heterocycles. The number of aliphatic carboxylic acids is 1. The van der Waals surface area contributed by atoms with Crippen molar-refractivity contribution in [3.63, 3.8) is 0 Å². The highest BCUT2D eigenvalue weighted by molar-refractivity contribution is 6.30. The van der Waals surface area contributed by atoms with E-state index in [0.717, 1.165) is 18.3 Å². The molecule has 0 unspecified atom stereocenters. The number of nitrogens with one attached hydrogen (secondary N) is 1. The van der Waals surface area contributed by atoms with Gasteiger partial charge in [0.1, 0.15) is 39.6 Å². The highest BCUT2D eigenvalue weighted by Gasteiger charge is 2.39. The van der Waals surface area contributed by atoms with E-state index in [0.29, 0.717) is 48.3 Å². The van der Waals surface area contributed by atoms with Crippen LogP contribution in [0.15, 0.2) is 42.7 Å². The lowest BCUT2D eigenvalue weighted by Crippen LogP contribution is -2.32. The maximum absolute atomic E-state index is 13.1. The number of amides is 1. The number of pyridine rings is 1. The number of carboxylic acid groups (broad SMARTS) is 1. The van der Waals surface area contributed by atoms with Gasteiger partial charge in [-0.15, -0.1) is 0 Å². The van der Waals surface area contributed by atoms with Crippen LogP contribution in [0.5, 0.6) is 5.75 Å². The van der Waals surface area contributed by atoms with Gasteiger partial charge in [0.15, 0.2) is 0 Å². The van der Waals surface area contributed by atoms with Crippen molar-refractivity contribution in [3.8, 4) is 17.0 Å². The summed E-state index contributed by atoms with van der Waals surface area (Å²) in [5.74, 6) is -0.900. The van der Waals surface area contributed by atoms with E-state index in [2.05, 4.69) is 15.3 Å². The molecule has 1 aliphatic carbocycles. The van der Waals surface area contributed by atoms with Crippen molar-refractivity contribution in [1.82, 2.24) is 19.4 Å². The predicted molar refractivity (Wildman–Crippen MR) is 149 cm³/mol. The number of alkyl halides is 3. The zero-order valence-electron chi connectivity index (χ0n) is 22.5. The molecule has 0 radical (unpaired) electrons. The molecule has 5 rings (SSSR count). The smallest absolute Gasteiger partial charge is 0.416 e. The number of nitrogens with zero attached hydrogens (tertiary/aromatic N) is 4. The van der Waals surface area contributed by atoms with Crippen molar-refractivity contribution in [3.05, 3.63) is 64.8 Å². The van der Waals surface area contributed by atoms with Gasteiger partial charge in [-0.1, -0.05) is 11.6 Å². The van der Waals surface area contributed by atoms with Crippen molar-refractivity contribution in [2.75, 3.05) is 18.2 Å². The SMILES string of the molecule is COc1cc(C(=O)Nc2cc(C(F)(F)F)ccn2)ccc1-c1nc(C2CCC(C)(C(=O)O)CC2)n2c(Cl)cnc(N)c12. The Morgan fingerprint density at radius 2 is 1.90 bits per heavy atom. The first kappa shape index (κ1) is 29.1. The Bertz CT molecular complexity index is 1700. The topological polar surface area (TPSA) is 145 Å². The minimum absolute atomic E-state index is 0.0999. The van der Waals surface area contributed by atoms with Crippen LogP contribution in [0.4, 0.5) is 24.8 Å². The fraction of sp³-hybridized carbons (Fsp3) is 0.321. The van der Waals surface area contributed by atoms with Gasteiger partial charge in [-0.2, -0.15) is 13.2 Å². The largest absolute Gasteiger partial charge is 0.496 e. The van der Waals surface area contributed by atoms with Crippen molar-refractivity contribution >= 4 is 40.6 Å². The molecule has 220 valence electrons. The minimum Gasteiger partial charge on any atom is -0.496 e. The monoisotopic (exact) mass is 602 g/mol. The van der Waals surface area contributed by atoms with E-state index < -0.39 is 29.0 Å². The van der Waals surface area contributed by atoms with Crippen LogP contribution in [0.2, 0.25) is 5.15 Å². The molecule has 3 aromatic heterocycles. The van der Waals surface area contributed by atoms with Gasteiger partial charge in [-0.05, 0) is 62.9 Å². The molecule has 0 spiro atoms. The van der Waals surface area contributed by atoms with Gasteiger partial charge in [0.25, 0.3) is 5.91 Å². The number of imidazole rings is 1. The Labute approximate surface area is 242 Å². The van der Waals surface area contributed by atoms with Gasteiger partial charge in [-0.25, -0.2) is 15.0 Å². The number of nitrogens with two attached hydrogens (primary N) is 1. The maximum Gasteiger partial charge on any atom is 0.416 e. The van der Waals surface area contributed by atoms with E-state index in [4.69, 9.17) is 27.1 Å². The second-order valence-electron chi connectivity index (χ2n) is 10.4. The maximum atomic E-state index is 13.1. The van der Waals surface area contributed by atoms with Crippen LogP contribution in [0.1, 0.15) is 60.3 Å². The minimum atomic E-state index is -4.59. The summed E-state index contributed by atoms with van der Waals surface area (Å²) in [6.07, 6.45) is -0.157. The fourth-order valence-electron chi connectivity index (χ4n) is 5.21. The van der Waals surface area contributed by atoms with Gasteiger partial charge < -0.3 is 20.9 Å². The molecule has 1 aliphatic rings. The van der Waals surface area contributed by atoms with Crippen molar-refractivity contribution in [2.45, 2.75) is 44.7 Å². The Balaban J connectivity index is 1.51. The average Bonchev–Trinajstić information content (AvgIpc) is 3.36. The first-order chi connectivity index (χ1) is 19.8. The van der Waals surface area contributed by atoms with Crippen molar-refractivity contribution < 1.29 is 32.6 Å². The van der Waals surface area contributed by atoms with Crippen molar-refractivity contribution in [2.24, 2.45) is 5.41 Å². The molecule has 14 heteroatoms. The van der Waals surface area contributed by atoms with Crippen LogP contribution in [0, 0.1) is 5.41 Å². The quantitative estimate of drug-likeness (QED) is 0.242. The summed E-state index contributed by atoms with van der Waals surface area (Å²) in [6.45, 7) is 1.74. The summed E-state index contributed by atoms with van der Waals surface area (Å²) in [7, 11) is 1.40. The number of hydrogen-bond donors (Lipinski definition) is 3. The van der Waals surface area contributed by atoms with Gasteiger partial charge in [0.05, 0.1) is 24.3 Å². The standard InChI is InChI=1S/C28H26ClF3N6O4/c1-27(26(40)41)8-5-14(6-9-27)24-37-21(22-23(33)35-13-19(29)38(22)24)17-4-3-15(11-18(17)42-2)25(39)36-20-12-16(7-10-34-20)28(30,31)32/h3-4,7,10-14H,5-6,8-9H2,1-2H3,(H2,33,35)(H,40,41)(H,34,36,39). The van der Waals surface area contributed by atoms with E-state index in [1.165, 1.54) is 25.4 Å². The second-order valence-corrected chi connectivity index (χ2v) is 10.8. The number of nitrogen functional groups attached to an aromatic ring is 1. The van der Waals surface area contributed by atoms with E-state index in [9.17, 15) is 27.9 Å². The lowest BCUT2D eigenvalue weighted by molar-refractivity contribution is -0.150. The summed E-state index contributed by atoms with van der Waals surface area (Å²) in [4.78, 5) is 37.6. The lowest BCUT2D eigenvalue weighted by Gasteiger charge is -2.33. The first-order valence-corrected chi connectivity index (χ1v) is 13.3. The summed E-state index contributed by atoms with van der Waals surface area (Å²) in [5, 5.41) is 12.3. The van der Waals surface area contributed by atoms with Gasteiger partial charge in [0.2, 0.25) is 0 Å². The molecule has 1 fully saturated rings. The Morgan fingerprint density at radius 1 is 1.19 bits per heavy atom. The Morgan fingerprint density at radius 3 is 2.55 bits per heavy atom. The Hall–Kier alpha value is -4.39. The van der Waals surface area contributed by atoms with Gasteiger partial charge in [-0.3, -0.25) is 14.0 Å². The van der Waals surface area contributed by atoms with E-state index >= 15 is 0 Å². The predicted octanol–water partition coefficient (Wildman–Crippen LogP) is 6.06. The summed E-state index contributed by atoms with van der Waals surface area (Å²) in [5.41, 5.74) is 5.91. The third kappa shape index (κ3) is 5.31. The molecule has 1 amide bonds. The average molecular weight is 603 g/mol. The van der Waals surface area contributed by atoms with Crippen LogP contribution >= 0.6 is 11.6 Å². The summed E-state index contributed by atoms with van der Waals surface area (Å²) in [6, 6.07) is 6.03. The molecule has 42 heavy (non-hydrogen) atoms. The number of methoxy groups -OCH3 is 1. The van der Waals surface area contributed by atoms with Crippen LogP contribution in [0.3, 0.4) is 0 Å². The van der Waals surface area contributed by atoms with Crippen LogP contribution < -0.4 is 15.8 Å². The van der Waals surface area contributed by atoms with E-state index in [-0.39, 0.29) is 34.0 Å². The van der Waals surface area contributed by atoms with Crippen LogP contribution in [-0.2, 0) is 11.0 Å². The molecule has 4 aromatic rings. The van der Waals surface area contributed by atoms with Crippen LogP contribution in [-0.4, -0.2) is 43.4 Å². The fourth-order valence-corrected chi connectivity index (χ4v) is 5.43. The highest BCUT2D eigenvalue weighted by Crippen LogP contribution is 2.45. The molecule has 1 saturated carbocycles. The Kier molecular flexibility index (Phi) is 7.48. The summed E-state index contributed by atoms with van der Waals surface area (Å²) < 4.78 is 46.5. The number of aromatic nitrogens is 4. The van der Waals surface area contributed by atoms with E-state index in [1.54, 1.807) is 17.4 Å². The number of rotatable bonds is 6. The summed E-state index contributed by atoms with van der Waals surface area (Å²) >= 11 is 6.57. The molecule has 1 aromatic carbocycles. The molecular formula is C28H26ClF3N6O4. The molecule has 3 heterocycles. The molecule has 0 atom stereocenters. The number of carbonyl (C=O) groups is 2. The lowest BCUT2D eigenvalue weighted by atomic mass is 9.71. The third-order valence-electron chi connectivity index (χ3n) is 7.69. The second kappa shape index (κ2) is 10.8. The molecule has 10 nitrogen and oxygen atoms in total. The number of anilines is 2. The number of benzene rings is 1. The highest BCUT2D eigenvalue weighted by atomic mass is 35.5. The zero-order valence-corrected chi connectivity index (χ0v) is 23.3. The number of hydrogen-bond acceptors (Lipinski definition) is 7. The van der Waals surface area contributed by atoms with Crippen LogP contribution in [0.25, 0.3) is 16.8 Å². The van der Waals surface area contributed by atoms with Gasteiger partial charge in [0, 0.05) is 23.2 Å². The zero-order chi connectivity index (χ0) is 30.4. The molecular weight excluding hydrogens is 577 g/mol. The normalized spacial score (nSPS) is 19.0. The van der Waals surface area contributed by atoms with Gasteiger partial charge >= 0.3 is 12.1 Å². The number of carbonyl (C=O) groups excluding carboxylic acids is 1. The number of carboxylic acids is 1. The number of ether oxygens (including phenoxy) is 1. The third-order valence-corrected chi connectivity index (χ3v) is 7.95. The number of halogens is 4. The molecule has 4 N–H and O–H groups in total. The van der Waals surface area contributed by atoms with Crippen molar-refractivity contribution in [1.29, 1.82) is 0 Å². The number of fused-ring (bicyclic) bond motifs is 1. The van der Waals surface area contributed by atoms with E-state index in [1.807, 2.05) is 0 Å². The first-order valence-electron chi connectivity index (χ1n) is 12.9.